The summed E-state index contributed by atoms with van der Waals surface area (Å²) in [6.07, 6.45) is 0.817. The Balaban J connectivity index is 1.52. The highest BCUT2D eigenvalue weighted by molar-refractivity contribution is 5.95. The maximum atomic E-state index is 11.9. The van der Waals surface area contributed by atoms with E-state index >= 15 is 0 Å². The highest BCUT2D eigenvalue weighted by Crippen LogP contribution is 2.46. The fraction of sp³-hybridized carbons (Fsp3) is 0.211. The second-order valence-electron chi connectivity index (χ2n) is 5.87. The number of rotatable bonds is 3. The quantitative estimate of drug-likeness (QED) is 0.784. The van der Waals surface area contributed by atoms with Crippen molar-refractivity contribution in [1.29, 1.82) is 0 Å². The van der Waals surface area contributed by atoms with Crippen molar-refractivity contribution in [2.45, 2.75) is 12.3 Å². The van der Waals surface area contributed by atoms with Gasteiger partial charge >= 0.3 is 0 Å². The van der Waals surface area contributed by atoms with Gasteiger partial charge in [0.2, 0.25) is 5.91 Å². The summed E-state index contributed by atoms with van der Waals surface area (Å²) < 4.78 is 0. The van der Waals surface area contributed by atoms with Crippen LogP contribution in [-0.2, 0) is 4.79 Å². The number of fused-ring (bicyclic) bond motifs is 1. The van der Waals surface area contributed by atoms with Crippen LogP contribution in [0.3, 0.4) is 0 Å². The summed E-state index contributed by atoms with van der Waals surface area (Å²) in [4.78, 5) is 13.9. The molecule has 0 spiro atoms. The molecule has 0 bridgehead atoms. The summed E-state index contributed by atoms with van der Waals surface area (Å²) in [5.74, 6) is 0.563. The van der Waals surface area contributed by atoms with E-state index in [1.54, 1.807) is 0 Å². The van der Waals surface area contributed by atoms with Crippen molar-refractivity contribution < 1.29 is 4.79 Å². The molecule has 0 radical (unpaired) electrons. The molecule has 2 heteroatoms. The maximum absolute atomic E-state index is 11.9. The number of amides is 1. The van der Waals surface area contributed by atoms with Gasteiger partial charge in [-0.15, -0.1) is 0 Å². The van der Waals surface area contributed by atoms with Crippen LogP contribution in [0.15, 0.2) is 60.7 Å². The molecule has 1 amide bonds. The molecule has 2 aliphatic rings. The Bertz CT molecular complexity index is 732. The van der Waals surface area contributed by atoms with Crippen molar-refractivity contribution in [1.82, 2.24) is 4.90 Å². The number of nitrogens with zero attached hydrogens (tertiary/aromatic N) is 1. The monoisotopic (exact) mass is 275 g/mol. The summed E-state index contributed by atoms with van der Waals surface area (Å²) in [6, 6.07) is 17.1. The molecule has 0 aromatic heterocycles. The van der Waals surface area contributed by atoms with Crippen LogP contribution in [0, 0.1) is 0 Å². The number of hydrogen-bond acceptors (Lipinski definition) is 1. The molecule has 104 valence electrons. The van der Waals surface area contributed by atoms with E-state index in [1.807, 2.05) is 11.0 Å². The molecule has 1 fully saturated rings. The Morgan fingerprint density at radius 1 is 1.05 bits per heavy atom. The molecular weight excluding hydrogens is 258 g/mol. The lowest BCUT2D eigenvalue weighted by atomic mass is 10.1. The van der Waals surface area contributed by atoms with E-state index < -0.39 is 0 Å². The summed E-state index contributed by atoms with van der Waals surface area (Å²) >= 11 is 0. The molecule has 0 N–H and O–H groups in total. The third kappa shape index (κ3) is 2.07. The summed E-state index contributed by atoms with van der Waals surface area (Å²) in [7, 11) is 0. The lowest BCUT2D eigenvalue weighted by Crippen LogP contribution is -2.26. The molecule has 0 saturated carbocycles. The van der Waals surface area contributed by atoms with Crippen LogP contribution in [-0.4, -0.2) is 23.9 Å². The van der Waals surface area contributed by atoms with Gasteiger partial charge in [0.15, 0.2) is 0 Å². The molecule has 1 atom stereocenters. The van der Waals surface area contributed by atoms with Gasteiger partial charge in [0.05, 0.1) is 0 Å². The van der Waals surface area contributed by atoms with Gasteiger partial charge in [0.25, 0.3) is 0 Å². The van der Waals surface area contributed by atoms with Crippen LogP contribution in [0.5, 0.6) is 0 Å². The first-order chi connectivity index (χ1) is 10.2. The summed E-state index contributed by atoms with van der Waals surface area (Å²) in [6.45, 7) is 5.46. The Morgan fingerprint density at radius 3 is 2.57 bits per heavy atom. The van der Waals surface area contributed by atoms with Crippen molar-refractivity contribution in [3.8, 4) is 11.1 Å². The Labute approximate surface area is 124 Å². The molecule has 4 rings (SSSR count). The van der Waals surface area contributed by atoms with Gasteiger partial charge < -0.3 is 4.90 Å². The van der Waals surface area contributed by atoms with Crippen LogP contribution < -0.4 is 0 Å². The van der Waals surface area contributed by atoms with E-state index in [2.05, 4.69) is 49.0 Å². The number of likely N-dealkylation sites (tertiary alicyclic amines) is 1. The van der Waals surface area contributed by atoms with Crippen LogP contribution in [0.25, 0.3) is 11.1 Å². The largest absolute Gasteiger partial charge is 0.338 e. The van der Waals surface area contributed by atoms with E-state index in [0.717, 1.165) is 25.1 Å². The fourth-order valence-electron chi connectivity index (χ4n) is 3.20. The van der Waals surface area contributed by atoms with Gasteiger partial charge in [-0.05, 0) is 28.7 Å². The lowest BCUT2D eigenvalue weighted by Gasteiger charge is -2.14. The topological polar surface area (TPSA) is 20.3 Å². The lowest BCUT2D eigenvalue weighted by molar-refractivity contribution is -0.124. The number of hydrogen-bond donors (Lipinski definition) is 0. The van der Waals surface area contributed by atoms with Crippen molar-refractivity contribution in [3.05, 3.63) is 71.8 Å². The van der Waals surface area contributed by atoms with Crippen LogP contribution in [0.2, 0.25) is 0 Å². The first kappa shape index (κ1) is 12.4. The standard InChI is InChI=1S/C19H17NO/c1-13-9-10-20(19(13)21)12-18-16-8-7-15(11-17(16)18)14-5-3-2-4-6-14/h2-8,11,18H,1,9-10,12H2/t18-/m1/s1. The molecule has 2 aromatic rings. The molecule has 1 heterocycles. The Kier molecular flexibility index (Phi) is 2.71. The van der Waals surface area contributed by atoms with E-state index in [-0.39, 0.29) is 5.91 Å². The van der Waals surface area contributed by atoms with Crippen molar-refractivity contribution in [2.75, 3.05) is 13.1 Å². The van der Waals surface area contributed by atoms with Gasteiger partial charge in [-0.1, -0.05) is 55.1 Å². The van der Waals surface area contributed by atoms with Gasteiger partial charge in [-0.3, -0.25) is 4.79 Å². The first-order valence-electron chi connectivity index (χ1n) is 7.40. The van der Waals surface area contributed by atoms with Crippen molar-refractivity contribution >= 4 is 5.91 Å². The minimum Gasteiger partial charge on any atom is -0.338 e. The second kappa shape index (κ2) is 4.59. The Morgan fingerprint density at radius 2 is 1.86 bits per heavy atom. The number of carbonyl (C=O) groups excluding carboxylic acids is 1. The summed E-state index contributed by atoms with van der Waals surface area (Å²) in [5, 5.41) is 0. The van der Waals surface area contributed by atoms with Crippen LogP contribution in [0.1, 0.15) is 23.5 Å². The third-order valence-corrected chi connectivity index (χ3v) is 4.54. The third-order valence-electron chi connectivity index (χ3n) is 4.54. The molecule has 2 nitrogen and oxygen atoms in total. The summed E-state index contributed by atoms with van der Waals surface area (Å²) in [5.41, 5.74) is 6.04. The van der Waals surface area contributed by atoms with Gasteiger partial charge in [-0.25, -0.2) is 0 Å². The van der Waals surface area contributed by atoms with Crippen molar-refractivity contribution in [2.24, 2.45) is 0 Å². The van der Waals surface area contributed by atoms with Crippen LogP contribution in [0.4, 0.5) is 0 Å². The number of carbonyl (C=O) groups is 1. The van der Waals surface area contributed by atoms with E-state index in [0.29, 0.717) is 5.92 Å². The molecule has 1 aliphatic carbocycles. The Hall–Kier alpha value is -2.35. The molecule has 2 aromatic carbocycles. The predicted molar refractivity (Wildman–Crippen MR) is 84.1 cm³/mol. The SMILES string of the molecule is C=C1CCN(C[C@@H]2c3ccc(-c4ccccc4)cc32)C1=O. The second-order valence-corrected chi connectivity index (χ2v) is 5.87. The molecule has 0 unspecified atom stereocenters. The van der Waals surface area contributed by atoms with Crippen molar-refractivity contribution in [3.63, 3.8) is 0 Å². The molecule has 1 aliphatic heterocycles. The van der Waals surface area contributed by atoms with Gasteiger partial charge in [-0.2, -0.15) is 0 Å². The van der Waals surface area contributed by atoms with Gasteiger partial charge in [0, 0.05) is 24.6 Å². The molecule has 21 heavy (non-hydrogen) atoms. The number of benzene rings is 2. The maximum Gasteiger partial charge on any atom is 0.249 e. The fourth-order valence-corrected chi connectivity index (χ4v) is 3.20. The zero-order valence-electron chi connectivity index (χ0n) is 11.9. The van der Waals surface area contributed by atoms with E-state index in [4.69, 9.17) is 0 Å². The predicted octanol–water partition coefficient (Wildman–Crippen LogP) is 3.59. The average Bonchev–Trinajstić information content (AvgIpc) is 3.13. The highest BCUT2D eigenvalue weighted by Gasteiger charge is 2.37. The normalized spacial score (nSPS) is 19.8. The van der Waals surface area contributed by atoms with E-state index in [9.17, 15) is 4.79 Å². The minimum absolute atomic E-state index is 0.135. The molecule has 1 saturated heterocycles. The van der Waals surface area contributed by atoms with Crippen LogP contribution >= 0.6 is 0 Å². The molecular formula is C19H17NO. The first-order valence-corrected chi connectivity index (χ1v) is 7.40. The average molecular weight is 275 g/mol. The highest BCUT2D eigenvalue weighted by atomic mass is 16.2. The van der Waals surface area contributed by atoms with Gasteiger partial charge in [0.1, 0.15) is 0 Å². The zero-order valence-corrected chi connectivity index (χ0v) is 11.9. The zero-order chi connectivity index (χ0) is 14.4. The smallest absolute Gasteiger partial charge is 0.249 e. The minimum atomic E-state index is 0.135. The van der Waals surface area contributed by atoms with E-state index in [1.165, 1.54) is 22.3 Å².